The largest absolute Gasteiger partial charge is 0.358 e. The first kappa shape index (κ1) is 18.8. The van der Waals surface area contributed by atoms with Gasteiger partial charge in [-0.1, -0.05) is 18.2 Å². The van der Waals surface area contributed by atoms with Crippen LogP contribution in [-0.2, 0) is 24.0 Å². The fourth-order valence-corrected chi connectivity index (χ4v) is 4.12. The topological polar surface area (TPSA) is 86.2 Å². The zero-order chi connectivity index (χ0) is 20.5. The summed E-state index contributed by atoms with van der Waals surface area (Å²) in [7, 11) is 0. The minimum atomic E-state index is -0.312. The fraction of sp³-hybridized carbons (Fsp3) is 0.348. The first-order valence-electron chi connectivity index (χ1n) is 10.2. The monoisotopic (exact) mass is 403 g/mol. The van der Waals surface area contributed by atoms with Crippen LogP contribution in [-0.4, -0.2) is 28.3 Å². The Morgan fingerprint density at radius 1 is 1.27 bits per heavy atom. The van der Waals surface area contributed by atoms with Crippen molar-refractivity contribution in [3.63, 3.8) is 0 Å². The molecule has 0 amide bonds. The molecule has 5 rings (SSSR count). The molecule has 152 valence electrons. The molecule has 2 saturated heterocycles. The molecule has 1 aromatic carbocycles. The van der Waals surface area contributed by atoms with Crippen molar-refractivity contribution in [2.24, 2.45) is 0 Å². The summed E-state index contributed by atoms with van der Waals surface area (Å²) in [6.07, 6.45) is 10.1. The number of rotatable bonds is 6. The first-order chi connectivity index (χ1) is 14.7. The van der Waals surface area contributed by atoms with Crippen LogP contribution in [0.4, 0.5) is 10.3 Å². The summed E-state index contributed by atoms with van der Waals surface area (Å²) in [6.45, 7) is 0. The molecule has 0 saturated carbocycles. The number of piperidine rings is 1. The van der Waals surface area contributed by atoms with Crippen LogP contribution in [0.5, 0.6) is 0 Å². The van der Waals surface area contributed by atoms with E-state index in [4.69, 9.17) is 10.00 Å². The van der Waals surface area contributed by atoms with Gasteiger partial charge in [0.15, 0.2) is 6.23 Å². The molecule has 0 bridgehead atoms. The molecule has 7 heteroatoms. The van der Waals surface area contributed by atoms with Crippen molar-refractivity contribution in [1.82, 2.24) is 15.3 Å². The highest BCUT2D eigenvalue weighted by atomic mass is 19.1. The van der Waals surface area contributed by atoms with E-state index in [2.05, 4.69) is 38.8 Å². The molecule has 2 fully saturated rings. The Bertz CT molecular complexity index is 1070. The van der Waals surface area contributed by atoms with Crippen molar-refractivity contribution < 1.29 is 9.13 Å². The molecule has 3 heterocycles. The number of halogens is 1. The van der Waals surface area contributed by atoms with Gasteiger partial charge in [0.2, 0.25) is 5.95 Å². The Balaban J connectivity index is 1.23. The lowest BCUT2D eigenvalue weighted by Crippen LogP contribution is -2.31. The second-order valence-electron chi connectivity index (χ2n) is 7.86. The summed E-state index contributed by atoms with van der Waals surface area (Å²) in [6, 6.07) is 8.79. The van der Waals surface area contributed by atoms with Gasteiger partial charge in [-0.25, -0.2) is 14.4 Å². The quantitative estimate of drug-likeness (QED) is 0.721. The molecule has 2 aromatic rings. The van der Waals surface area contributed by atoms with Crippen molar-refractivity contribution in [2.45, 2.75) is 50.5 Å². The lowest BCUT2D eigenvalue weighted by molar-refractivity contribution is 0.364. The highest BCUT2D eigenvalue weighted by Crippen LogP contribution is 2.37. The van der Waals surface area contributed by atoms with Crippen molar-refractivity contribution in [1.29, 1.82) is 5.26 Å². The average Bonchev–Trinajstić information content (AvgIpc) is 3.50. The number of ether oxygens (including phenoxy) is 1. The van der Waals surface area contributed by atoms with E-state index in [1.165, 1.54) is 23.4 Å². The maximum Gasteiger partial charge on any atom is 0.223 e. The number of allylic oxidation sites excluding steroid dienone is 1. The predicted molar refractivity (Wildman–Crippen MR) is 110 cm³/mol. The summed E-state index contributed by atoms with van der Waals surface area (Å²) < 4.78 is 19.0. The van der Waals surface area contributed by atoms with Crippen LogP contribution in [0.3, 0.4) is 0 Å². The molecular weight excluding hydrogens is 381 g/mol. The highest BCUT2D eigenvalue weighted by molar-refractivity contribution is 5.42. The fourth-order valence-electron chi connectivity index (χ4n) is 4.12. The second-order valence-corrected chi connectivity index (χ2v) is 7.86. The average molecular weight is 403 g/mol. The van der Waals surface area contributed by atoms with E-state index in [0.29, 0.717) is 24.9 Å². The van der Waals surface area contributed by atoms with E-state index in [1.807, 2.05) is 6.07 Å². The molecule has 1 aliphatic carbocycles. The lowest BCUT2D eigenvalue weighted by atomic mass is 9.93. The molecule has 0 radical (unpaired) electrons. The number of aromatic nitrogens is 2. The molecule has 2 aliphatic heterocycles. The number of benzene rings is 1. The van der Waals surface area contributed by atoms with Gasteiger partial charge in [0, 0.05) is 24.0 Å². The zero-order valence-corrected chi connectivity index (χ0v) is 16.4. The summed E-state index contributed by atoms with van der Waals surface area (Å²) in [5, 5.41) is 15.8. The third-order valence-electron chi connectivity index (χ3n) is 5.74. The molecule has 0 spiro atoms. The van der Waals surface area contributed by atoms with Crippen molar-refractivity contribution in [3.8, 4) is 6.07 Å². The van der Waals surface area contributed by atoms with E-state index in [1.54, 1.807) is 12.3 Å². The molecule has 6 nitrogen and oxygen atoms in total. The van der Waals surface area contributed by atoms with Crippen molar-refractivity contribution >= 4 is 5.95 Å². The number of hydrogen-bond acceptors (Lipinski definition) is 6. The summed E-state index contributed by atoms with van der Waals surface area (Å²) in [5.41, 5.74) is 5.10. The van der Waals surface area contributed by atoms with Crippen molar-refractivity contribution in [2.75, 3.05) is 5.32 Å². The smallest absolute Gasteiger partial charge is 0.223 e. The number of nitrogens with zero attached hydrogens (tertiary/aromatic N) is 3. The maximum atomic E-state index is 13.5. The SMILES string of the molecule is N#CCc1cc(F)ccc1CCc1ccnc(NC2C=C3CC4OC4NC3=CC2)n1. The first-order valence-corrected chi connectivity index (χ1v) is 10.2. The van der Waals surface area contributed by atoms with Crippen LogP contribution >= 0.6 is 0 Å². The van der Waals surface area contributed by atoms with E-state index in [9.17, 15) is 4.39 Å². The highest BCUT2D eigenvalue weighted by Gasteiger charge is 2.44. The van der Waals surface area contributed by atoms with E-state index in [-0.39, 0.29) is 24.5 Å². The Kier molecular flexibility index (Phi) is 4.93. The molecule has 3 aliphatic rings. The Labute approximate surface area is 174 Å². The molecule has 30 heavy (non-hydrogen) atoms. The number of hydrogen-bond donors (Lipinski definition) is 2. The van der Waals surface area contributed by atoms with E-state index >= 15 is 0 Å². The van der Waals surface area contributed by atoms with Gasteiger partial charge in [0.1, 0.15) is 11.9 Å². The Hall–Kier alpha value is -3.24. The molecule has 1 aromatic heterocycles. The van der Waals surface area contributed by atoms with Gasteiger partial charge in [-0.2, -0.15) is 5.26 Å². The van der Waals surface area contributed by atoms with Crippen LogP contribution in [0.25, 0.3) is 0 Å². The minimum Gasteiger partial charge on any atom is -0.358 e. The Morgan fingerprint density at radius 3 is 3.10 bits per heavy atom. The van der Waals surface area contributed by atoms with Gasteiger partial charge in [-0.3, -0.25) is 0 Å². The number of nitriles is 1. The van der Waals surface area contributed by atoms with Crippen LogP contribution in [0.15, 0.2) is 53.9 Å². The van der Waals surface area contributed by atoms with Crippen LogP contribution < -0.4 is 10.6 Å². The van der Waals surface area contributed by atoms with Crippen LogP contribution in [0.2, 0.25) is 0 Å². The van der Waals surface area contributed by atoms with E-state index in [0.717, 1.165) is 29.7 Å². The molecule has 3 atom stereocenters. The number of nitrogens with one attached hydrogen (secondary N) is 2. The third kappa shape index (κ3) is 4.05. The number of aryl methyl sites for hydroxylation is 2. The zero-order valence-electron chi connectivity index (χ0n) is 16.4. The molecule has 2 N–H and O–H groups in total. The summed E-state index contributed by atoms with van der Waals surface area (Å²) in [5.74, 6) is 0.292. The molecule has 3 unspecified atom stereocenters. The molecular formula is C23H22FN5O. The van der Waals surface area contributed by atoms with Crippen LogP contribution in [0.1, 0.15) is 29.7 Å². The van der Waals surface area contributed by atoms with Gasteiger partial charge < -0.3 is 15.4 Å². The maximum absolute atomic E-state index is 13.5. The lowest BCUT2D eigenvalue weighted by Gasteiger charge is -2.25. The van der Waals surface area contributed by atoms with E-state index < -0.39 is 0 Å². The number of fused-ring (bicyclic) bond motifs is 2. The normalized spacial score (nSPS) is 23.8. The Morgan fingerprint density at radius 2 is 2.20 bits per heavy atom. The predicted octanol–water partition coefficient (Wildman–Crippen LogP) is 3.18. The number of epoxide rings is 1. The third-order valence-corrected chi connectivity index (χ3v) is 5.74. The summed E-state index contributed by atoms with van der Waals surface area (Å²) >= 11 is 0. The van der Waals surface area contributed by atoms with Crippen molar-refractivity contribution in [3.05, 3.63) is 76.5 Å². The van der Waals surface area contributed by atoms with Crippen LogP contribution in [0, 0.1) is 17.1 Å². The summed E-state index contributed by atoms with van der Waals surface area (Å²) in [4.78, 5) is 9.02. The van der Waals surface area contributed by atoms with Gasteiger partial charge in [-0.05, 0) is 54.2 Å². The van der Waals surface area contributed by atoms with Gasteiger partial charge in [-0.15, -0.1) is 0 Å². The van der Waals surface area contributed by atoms with Gasteiger partial charge in [0.25, 0.3) is 0 Å². The minimum absolute atomic E-state index is 0.149. The number of anilines is 1. The second kappa shape index (κ2) is 7.88. The van der Waals surface area contributed by atoms with Gasteiger partial charge in [0.05, 0.1) is 18.5 Å². The van der Waals surface area contributed by atoms with Gasteiger partial charge >= 0.3 is 0 Å². The standard InChI is InChI=1S/C23H22FN5O/c24-17-3-1-14(15(11-17)7-9-25)2-4-18-8-10-26-23(27-18)28-19-5-6-20-16(12-19)13-21-22(29-20)30-21/h1,3,6,8,10-12,19,21-22,29H,2,4-5,7,13H2,(H,26,27,28).